The highest BCUT2D eigenvalue weighted by Crippen LogP contribution is 2.34. The molecule has 6 nitrogen and oxygen atoms in total. The van der Waals surface area contributed by atoms with Crippen molar-refractivity contribution in [1.82, 2.24) is 10.6 Å². The second-order valence-corrected chi connectivity index (χ2v) is 6.68. The summed E-state index contributed by atoms with van der Waals surface area (Å²) in [5.74, 6) is 0.968. The average Bonchev–Trinajstić information content (AvgIpc) is 3.26. The quantitative estimate of drug-likeness (QED) is 0.346. The van der Waals surface area contributed by atoms with Crippen molar-refractivity contribution >= 4 is 29.9 Å². The minimum atomic E-state index is -4.40. The van der Waals surface area contributed by atoms with Crippen LogP contribution in [-0.4, -0.2) is 51.1 Å². The number of rotatable bonds is 6. The molecule has 0 amide bonds. The molecule has 2 aliphatic rings. The van der Waals surface area contributed by atoms with Crippen LogP contribution in [0.25, 0.3) is 0 Å². The fourth-order valence-electron chi connectivity index (χ4n) is 3.45. The number of aliphatic imine (C=N–C) groups is 1. The standard InChI is InChI=1S/C18H24F3N3O3.HI/c1-22-17(24-13-8-12-4-6-14(13)27-12)23-9-11-3-5-15(16(7-11)25-2)26-10-18(19,20)21;/h3,5,7,12-14H,4,6,8-10H2,1-2H3,(H2,22,23,24);1H. The second-order valence-electron chi connectivity index (χ2n) is 6.68. The zero-order valence-corrected chi connectivity index (χ0v) is 18.0. The largest absolute Gasteiger partial charge is 0.493 e. The molecule has 2 bridgehead atoms. The number of hydrogen-bond donors (Lipinski definition) is 2. The first kappa shape index (κ1) is 22.9. The van der Waals surface area contributed by atoms with Crippen LogP contribution in [0.1, 0.15) is 24.8 Å². The van der Waals surface area contributed by atoms with Crippen LogP contribution in [0, 0.1) is 0 Å². The zero-order chi connectivity index (χ0) is 19.4. The van der Waals surface area contributed by atoms with E-state index in [0.717, 1.165) is 24.8 Å². The van der Waals surface area contributed by atoms with Gasteiger partial charge in [0.25, 0.3) is 0 Å². The predicted molar refractivity (Wildman–Crippen MR) is 110 cm³/mol. The van der Waals surface area contributed by atoms with Gasteiger partial charge in [-0.15, -0.1) is 24.0 Å². The summed E-state index contributed by atoms with van der Waals surface area (Å²) in [5, 5.41) is 6.58. The Morgan fingerprint density at radius 2 is 2.07 bits per heavy atom. The molecule has 0 saturated carbocycles. The average molecular weight is 515 g/mol. The number of alkyl halides is 3. The fraction of sp³-hybridized carbons (Fsp3) is 0.611. The Morgan fingerprint density at radius 1 is 1.29 bits per heavy atom. The number of benzene rings is 1. The van der Waals surface area contributed by atoms with Crippen molar-refractivity contribution in [1.29, 1.82) is 0 Å². The number of fused-ring (bicyclic) bond motifs is 2. The molecule has 10 heteroatoms. The third-order valence-electron chi connectivity index (χ3n) is 4.73. The molecular formula is C18H25F3IN3O3. The molecule has 28 heavy (non-hydrogen) atoms. The number of halogens is 4. The molecule has 1 aromatic rings. The SMILES string of the molecule is CN=C(NCc1ccc(OCC(F)(F)F)c(OC)c1)NC1CC2CCC1O2.I. The van der Waals surface area contributed by atoms with Gasteiger partial charge in [-0.3, -0.25) is 4.99 Å². The lowest BCUT2D eigenvalue weighted by Crippen LogP contribution is -2.47. The van der Waals surface area contributed by atoms with Gasteiger partial charge < -0.3 is 24.8 Å². The van der Waals surface area contributed by atoms with Crippen LogP contribution in [-0.2, 0) is 11.3 Å². The minimum Gasteiger partial charge on any atom is -0.493 e. The van der Waals surface area contributed by atoms with Crippen LogP contribution >= 0.6 is 24.0 Å². The number of ether oxygens (including phenoxy) is 3. The number of guanidine groups is 1. The van der Waals surface area contributed by atoms with Crippen molar-refractivity contribution in [3.8, 4) is 11.5 Å². The van der Waals surface area contributed by atoms with Gasteiger partial charge >= 0.3 is 6.18 Å². The fourth-order valence-corrected chi connectivity index (χ4v) is 3.45. The van der Waals surface area contributed by atoms with E-state index in [2.05, 4.69) is 15.6 Å². The summed E-state index contributed by atoms with van der Waals surface area (Å²) in [6.45, 7) is -0.916. The van der Waals surface area contributed by atoms with Gasteiger partial charge in [-0.1, -0.05) is 6.07 Å². The third-order valence-corrected chi connectivity index (χ3v) is 4.73. The Bertz CT molecular complexity index is 688. The molecule has 158 valence electrons. The number of nitrogens with one attached hydrogen (secondary N) is 2. The molecule has 0 radical (unpaired) electrons. The number of hydrogen-bond acceptors (Lipinski definition) is 4. The Labute approximate surface area is 179 Å². The van der Waals surface area contributed by atoms with Crippen molar-refractivity contribution in [2.75, 3.05) is 20.8 Å². The first-order valence-electron chi connectivity index (χ1n) is 8.87. The highest BCUT2D eigenvalue weighted by atomic mass is 127. The highest BCUT2D eigenvalue weighted by molar-refractivity contribution is 14.0. The lowest BCUT2D eigenvalue weighted by atomic mass is 9.96. The van der Waals surface area contributed by atoms with Crippen LogP contribution in [0.3, 0.4) is 0 Å². The van der Waals surface area contributed by atoms with Gasteiger partial charge in [-0.2, -0.15) is 13.2 Å². The van der Waals surface area contributed by atoms with E-state index < -0.39 is 12.8 Å². The summed E-state index contributed by atoms with van der Waals surface area (Å²) in [6.07, 6.45) is -0.650. The smallest absolute Gasteiger partial charge is 0.422 e. The monoisotopic (exact) mass is 515 g/mol. The summed E-state index contributed by atoms with van der Waals surface area (Å²) in [5.41, 5.74) is 0.832. The Morgan fingerprint density at radius 3 is 2.64 bits per heavy atom. The van der Waals surface area contributed by atoms with Crippen molar-refractivity contribution in [3.05, 3.63) is 23.8 Å². The van der Waals surface area contributed by atoms with Gasteiger partial charge in [0.1, 0.15) is 0 Å². The van der Waals surface area contributed by atoms with Gasteiger partial charge in [0, 0.05) is 13.6 Å². The maximum Gasteiger partial charge on any atom is 0.422 e. The normalized spacial score (nSPS) is 23.9. The van der Waals surface area contributed by atoms with Crippen LogP contribution in [0.2, 0.25) is 0 Å². The highest BCUT2D eigenvalue weighted by Gasteiger charge is 2.41. The van der Waals surface area contributed by atoms with E-state index in [-0.39, 0.29) is 47.6 Å². The molecule has 2 aliphatic heterocycles. The summed E-state index contributed by atoms with van der Waals surface area (Å²) in [4.78, 5) is 4.22. The number of methoxy groups -OCH3 is 1. The Hall–Kier alpha value is -1.43. The van der Waals surface area contributed by atoms with Crippen LogP contribution in [0.5, 0.6) is 11.5 Å². The van der Waals surface area contributed by atoms with E-state index in [1.54, 1.807) is 19.2 Å². The molecule has 2 fully saturated rings. The summed E-state index contributed by atoms with van der Waals surface area (Å²) >= 11 is 0. The summed E-state index contributed by atoms with van der Waals surface area (Å²) in [7, 11) is 3.08. The lowest BCUT2D eigenvalue weighted by Gasteiger charge is -2.22. The second kappa shape index (κ2) is 9.86. The molecule has 1 aromatic carbocycles. The topological polar surface area (TPSA) is 64.1 Å². The predicted octanol–water partition coefficient (Wildman–Crippen LogP) is 3.24. The summed E-state index contributed by atoms with van der Waals surface area (Å²) in [6, 6.07) is 5.06. The van der Waals surface area contributed by atoms with E-state index in [1.165, 1.54) is 13.2 Å². The molecule has 2 saturated heterocycles. The molecule has 0 spiro atoms. The van der Waals surface area contributed by atoms with Crippen LogP contribution < -0.4 is 20.1 Å². The van der Waals surface area contributed by atoms with Crippen LogP contribution in [0.4, 0.5) is 13.2 Å². The maximum atomic E-state index is 12.3. The molecule has 3 rings (SSSR count). The van der Waals surface area contributed by atoms with E-state index >= 15 is 0 Å². The molecule has 3 atom stereocenters. The zero-order valence-electron chi connectivity index (χ0n) is 15.7. The molecule has 2 heterocycles. The molecule has 0 aromatic heterocycles. The van der Waals surface area contributed by atoms with E-state index in [1.807, 2.05) is 0 Å². The molecular weight excluding hydrogens is 490 g/mol. The van der Waals surface area contributed by atoms with Crippen molar-refractivity contribution in [2.24, 2.45) is 4.99 Å². The van der Waals surface area contributed by atoms with Crippen LogP contribution in [0.15, 0.2) is 23.2 Å². The minimum absolute atomic E-state index is 0. The molecule has 3 unspecified atom stereocenters. The van der Waals surface area contributed by atoms with E-state index in [4.69, 9.17) is 14.2 Å². The van der Waals surface area contributed by atoms with Crippen molar-refractivity contribution < 1.29 is 27.4 Å². The van der Waals surface area contributed by atoms with E-state index in [9.17, 15) is 13.2 Å². The van der Waals surface area contributed by atoms with Gasteiger partial charge in [-0.25, -0.2) is 0 Å². The Kier molecular flexibility index (Phi) is 8.05. The molecule has 0 aliphatic carbocycles. The van der Waals surface area contributed by atoms with Gasteiger partial charge in [-0.05, 0) is 37.0 Å². The Balaban J connectivity index is 0.00000280. The third kappa shape index (κ3) is 6.03. The first-order chi connectivity index (χ1) is 12.9. The van der Waals surface area contributed by atoms with Crippen molar-refractivity contribution in [3.63, 3.8) is 0 Å². The van der Waals surface area contributed by atoms with Gasteiger partial charge in [0.15, 0.2) is 24.1 Å². The lowest BCUT2D eigenvalue weighted by molar-refractivity contribution is -0.153. The first-order valence-corrected chi connectivity index (χ1v) is 8.87. The van der Waals surface area contributed by atoms with Crippen molar-refractivity contribution in [2.45, 2.75) is 50.2 Å². The summed E-state index contributed by atoms with van der Waals surface area (Å²) < 4.78 is 52.7. The van der Waals surface area contributed by atoms with Gasteiger partial charge in [0.2, 0.25) is 0 Å². The maximum absolute atomic E-state index is 12.3. The molecule has 2 N–H and O–H groups in total. The van der Waals surface area contributed by atoms with E-state index in [0.29, 0.717) is 18.6 Å². The number of nitrogens with zero attached hydrogens (tertiary/aromatic N) is 1. The van der Waals surface area contributed by atoms with Gasteiger partial charge in [0.05, 0.1) is 25.4 Å².